The third-order valence-electron chi connectivity index (χ3n) is 3.10. The summed E-state index contributed by atoms with van der Waals surface area (Å²) in [5.74, 6) is 0.997. The minimum atomic E-state index is 0.174. The molecular weight excluding hydrogens is 264 g/mol. The summed E-state index contributed by atoms with van der Waals surface area (Å²) in [6.45, 7) is 4.28. The van der Waals surface area contributed by atoms with Crippen molar-refractivity contribution in [2.45, 2.75) is 32.7 Å². The van der Waals surface area contributed by atoms with Crippen molar-refractivity contribution in [2.24, 2.45) is 0 Å². The van der Waals surface area contributed by atoms with E-state index in [4.69, 9.17) is 11.6 Å². The van der Waals surface area contributed by atoms with E-state index in [1.165, 1.54) is 0 Å². The summed E-state index contributed by atoms with van der Waals surface area (Å²) in [6, 6.07) is 2.19. The number of anilines is 1. The molecular formula is C12H17ClN6. The number of hydrogen-bond donors (Lipinski definition) is 0. The van der Waals surface area contributed by atoms with E-state index in [0.29, 0.717) is 17.9 Å². The van der Waals surface area contributed by atoms with Gasteiger partial charge in [0.05, 0.1) is 0 Å². The van der Waals surface area contributed by atoms with Crippen LogP contribution in [0.5, 0.6) is 0 Å². The van der Waals surface area contributed by atoms with Crippen molar-refractivity contribution in [1.29, 1.82) is 0 Å². The molecule has 2 heterocycles. The Morgan fingerprint density at radius 3 is 2.58 bits per heavy atom. The number of rotatable bonds is 5. The van der Waals surface area contributed by atoms with Gasteiger partial charge >= 0.3 is 0 Å². The van der Waals surface area contributed by atoms with Crippen LogP contribution in [0, 0.1) is 0 Å². The first-order valence-corrected chi connectivity index (χ1v) is 6.67. The largest absolute Gasteiger partial charge is 0.341 e. The molecule has 7 heteroatoms. The highest BCUT2D eigenvalue weighted by atomic mass is 35.5. The van der Waals surface area contributed by atoms with Crippen LogP contribution in [0.2, 0.25) is 5.28 Å². The lowest BCUT2D eigenvalue weighted by Gasteiger charge is -2.26. The van der Waals surface area contributed by atoms with Crippen LogP contribution in [-0.4, -0.2) is 37.8 Å². The van der Waals surface area contributed by atoms with E-state index in [2.05, 4.69) is 33.9 Å². The molecule has 0 saturated heterocycles. The maximum atomic E-state index is 5.97. The van der Waals surface area contributed by atoms with Gasteiger partial charge in [0, 0.05) is 25.5 Å². The fourth-order valence-corrected chi connectivity index (χ4v) is 2.13. The molecule has 0 unspecified atom stereocenters. The lowest BCUT2D eigenvalue weighted by atomic mass is 10.1. The number of hydrogen-bond acceptors (Lipinski definition) is 5. The molecule has 0 atom stereocenters. The zero-order valence-electron chi connectivity index (χ0n) is 11.3. The molecule has 0 fully saturated rings. The summed E-state index contributed by atoms with van der Waals surface area (Å²) < 4.78 is 1.57. The molecule has 2 aromatic heterocycles. The quantitative estimate of drug-likeness (QED) is 0.841. The molecule has 0 N–H and O–H groups in total. The average molecular weight is 281 g/mol. The van der Waals surface area contributed by atoms with Gasteiger partial charge in [0.2, 0.25) is 11.2 Å². The third-order valence-corrected chi connectivity index (χ3v) is 3.27. The maximum Gasteiger partial charge on any atom is 0.256 e. The molecule has 0 bridgehead atoms. The molecule has 2 aromatic rings. The van der Waals surface area contributed by atoms with E-state index in [1.807, 2.05) is 18.0 Å². The van der Waals surface area contributed by atoms with Crippen molar-refractivity contribution in [1.82, 2.24) is 24.7 Å². The number of nitrogens with zero attached hydrogens (tertiary/aromatic N) is 6. The topological polar surface area (TPSA) is 59.7 Å². The van der Waals surface area contributed by atoms with Crippen LogP contribution in [-0.2, 0) is 0 Å². The van der Waals surface area contributed by atoms with Gasteiger partial charge in [-0.25, -0.2) is 4.68 Å². The molecule has 0 aliphatic carbocycles. The van der Waals surface area contributed by atoms with Crippen molar-refractivity contribution in [3.63, 3.8) is 0 Å². The Morgan fingerprint density at radius 2 is 2.00 bits per heavy atom. The number of aromatic nitrogens is 5. The Balaban J connectivity index is 2.36. The molecule has 0 radical (unpaired) electrons. The minimum Gasteiger partial charge on any atom is -0.341 e. The first-order valence-electron chi connectivity index (χ1n) is 6.30. The summed E-state index contributed by atoms with van der Waals surface area (Å²) in [5.41, 5.74) is 0. The molecule has 0 aromatic carbocycles. The van der Waals surface area contributed by atoms with Gasteiger partial charge in [-0.3, -0.25) is 0 Å². The monoisotopic (exact) mass is 280 g/mol. The number of halogens is 1. The Labute approximate surface area is 117 Å². The third kappa shape index (κ3) is 3.01. The molecule has 0 aliphatic rings. The van der Waals surface area contributed by atoms with E-state index < -0.39 is 0 Å². The lowest BCUT2D eigenvalue weighted by Crippen LogP contribution is -2.32. The summed E-state index contributed by atoms with van der Waals surface area (Å²) in [7, 11) is 1.97. The highest BCUT2D eigenvalue weighted by molar-refractivity contribution is 6.28. The first kappa shape index (κ1) is 13.7. The summed E-state index contributed by atoms with van der Waals surface area (Å²) >= 11 is 5.97. The second-order valence-corrected chi connectivity index (χ2v) is 4.57. The second-order valence-electron chi connectivity index (χ2n) is 4.24. The zero-order valence-corrected chi connectivity index (χ0v) is 12.0. The standard InChI is InChI=1S/C12H17ClN6/c1-4-9(5-2)18(3)11-15-10(13)16-12(17-11)19-8-6-7-14-19/h6-9H,4-5H2,1-3H3. The fourth-order valence-electron chi connectivity index (χ4n) is 1.98. The SMILES string of the molecule is CCC(CC)N(C)c1nc(Cl)nc(-n2cccn2)n1. The Morgan fingerprint density at radius 1 is 1.26 bits per heavy atom. The molecule has 0 saturated carbocycles. The Kier molecular flexibility index (Phi) is 4.31. The zero-order chi connectivity index (χ0) is 13.8. The Bertz CT molecular complexity index is 523. The van der Waals surface area contributed by atoms with Crippen LogP contribution < -0.4 is 4.90 Å². The summed E-state index contributed by atoms with van der Waals surface area (Å²) in [5, 5.41) is 4.27. The van der Waals surface area contributed by atoms with E-state index in [0.717, 1.165) is 12.8 Å². The molecule has 0 aliphatic heterocycles. The predicted molar refractivity (Wildman–Crippen MR) is 74.7 cm³/mol. The lowest BCUT2D eigenvalue weighted by molar-refractivity contribution is 0.578. The minimum absolute atomic E-state index is 0.174. The van der Waals surface area contributed by atoms with Gasteiger partial charge in [0.25, 0.3) is 5.95 Å². The van der Waals surface area contributed by atoms with Gasteiger partial charge in [0.15, 0.2) is 0 Å². The molecule has 19 heavy (non-hydrogen) atoms. The predicted octanol–water partition coefficient (Wildman–Crippen LogP) is 2.34. The van der Waals surface area contributed by atoms with E-state index >= 15 is 0 Å². The fraction of sp³-hybridized carbons (Fsp3) is 0.500. The van der Waals surface area contributed by atoms with Crippen molar-refractivity contribution in [2.75, 3.05) is 11.9 Å². The second kappa shape index (κ2) is 5.97. The van der Waals surface area contributed by atoms with Crippen LogP contribution in [0.15, 0.2) is 18.5 Å². The van der Waals surface area contributed by atoms with Gasteiger partial charge < -0.3 is 4.90 Å². The first-order chi connectivity index (χ1) is 9.15. The molecule has 2 rings (SSSR count). The molecule has 6 nitrogen and oxygen atoms in total. The highest BCUT2D eigenvalue weighted by Gasteiger charge is 2.16. The Hall–Kier alpha value is -1.69. The van der Waals surface area contributed by atoms with Crippen molar-refractivity contribution in [3.8, 4) is 5.95 Å². The van der Waals surface area contributed by atoms with E-state index in [9.17, 15) is 0 Å². The molecule has 0 spiro atoms. The van der Waals surface area contributed by atoms with Crippen molar-refractivity contribution >= 4 is 17.5 Å². The van der Waals surface area contributed by atoms with Crippen LogP contribution in [0.25, 0.3) is 5.95 Å². The highest BCUT2D eigenvalue weighted by Crippen LogP contribution is 2.16. The van der Waals surface area contributed by atoms with Crippen molar-refractivity contribution in [3.05, 3.63) is 23.7 Å². The van der Waals surface area contributed by atoms with Crippen molar-refractivity contribution < 1.29 is 0 Å². The van der Waals surface area contributed by atoms with Gasteiger partial charge in [-0.05, 0) is 30.5 Å². The molecule has 0 amide bonds. The van der Waals surface area contributed by atoms with Gasteiger partial charge in [0.1, 0.15) is 0 Å². The average Bonchev–Trinajstić information content (AvgIpc) is 2.93. The van der Waals surface area contributed by atoms with Crippen LogP contribution >= 0.6 is 11.6 Å². The van der Waals surface area contributed by atoms with Crippen LogP contribution in [0.3, 0.4) is 0 Å². The van der Waals surface area contributed by atoms with Crippen LogP contribution in [0.1, 0.15) is 26.7 Å². The van der Waals surface area contributed by atoms with E-state index in [1.54, 1.807) is 17.1 Å². The van der Waals surface area contributed by atoms with Gasteiger partial charge in [-0.1, -0.05) is 13.8 Å². The smallest absolute Gasteiger partial charge is 0.256 e. The normalized spacial score (nSPS) is 11.0. The summed E-state index contributed by atoms with van der Waals surface area (Å²) in [6.07, 6.45) is 5.48. The van der Waals surface area contributed by atoms with Gasteiger partial charge in [-0.15, -0.1) is 0 Å². The van der Waals surface area contributed by atoms with E-state index in [-0.39, 0.29) is 5.28 Å². The summed E-state index contributed by atoms with van der Waals surface area (Å²) in [4.78, 5) is 14.7. The molecule has 102 valence electrons. The maximum absolute atomic E-state index is 5.97. The van der Waals surface area contributed by atoms with Gasteiger partial charge in [-0.2, -0.15) is 20.1 Å². The van der Waals surface area contributed by atoms with Crippen LogP contribution in [0.4, 0.5) is 5.95 Å².